The molecule has 9 heteroatoms. The normalized spacial score (nSPS) is 10.7. The molecule has 134 valence electrons. The first-order valence-corrected chi connectivity index (χ1v) is 8.32. The summed E-state index contributed by atoms with van der Waals surface area (Å²) in [6.07, 6.45) is 3.28. The third-order valence-electron chi connectivity index (χ3n) is 3.87. The average Bonchev–Trinajstić information content (AvgIpc) is 3.15. The molecular formula is C17H19N7O2. The Morgan fingerprint density at radius 1 is 1.23 bits per heavy atom. The van der Waals surface area contributed by atoms with Gasteiger partial charge in [0.05, 0.1) is 5.69 Å². The fraction of sp³-hybridized carbons (Fsp3) is 0.294. The number of unbranched alkanes of at least 4 members (excludes halogenated alkanes) is 1. The Balaban J connectivity index is 1.78. The van der Waals surface area contributed by atoms with Crippen molar-refractivity contribution in [3.63, 3.8) is 0 Å². The van der Waals surface area contributed by atoms with E-state index in [1.807, 2.05) is 26.0 Å². The van der Waals surface area contributed by atoms with Crippen LogP contribution in [0.5, 0.6) is 0 Å². The SMILES string of the molecule is CCCCn1nc(C(=O)Nc2ccc(-n3cnnn3)c(C)c2)ccc1=O. The second-order valence-corrected chi connectivity index (χ2v) is 5.84. The molecule has 0 saturated carbocycles. The monoisotopic (exact) mass is 353 g/mol. The maximum absolute atomic E-state index is 12.4. The lowest BCUT2D eigenvalue weighted by Gasteiger charge is -2.10. The van der Waals surface area contributed by atoms with Gasteiger partial charge in [-0.3, -0.25) is 9.59 Å². The number of rotatable bonds is 6. The van der Waals surface area contributed by atoms with Crippen LogP contribution in [0.15, 0.2) is 41.5 Å². The third-order valence-corrected chi connectivity index (χ3v) is 3.87. The van der Waals surface area contributed by atoms with Crippen LogP contribution in [-0.4, -0.2) is 35.9 Å². The number of nitrogens with zero attached hydrogens (tertiary/aromatic N) is 6. The van der Waals surface area contributed by atoms with E-state index in [0.717, 1.165) is 24.1 Å². The molecule has 0 spiro atoms. The van der Waals surface area contributed by atoms with Gasteiger partial charge in [0, 0.05) is 18.3 Å². The molecule has 9 nitrogen and oxygen atoms in total. The van der Waals surface area contributed by atoms with E-state index >= 15 is 0 Å². The first-order chi connectivity index (χ1) is 12.6. The number of hydrogen-bond donors (Lipinski definition) is 1. The van der Waals surface area contributed by atoms with E-state index in [1.165, 1.54) is 23.1 Å². The Bertz CT molecular complexity index is 963. The Morgan fingerprint density at radius 3 is 2.77 bits per heavy atom. The molecule has 0 saturated heterocycles. The van der Waals surface area contributed by atoms with Crippen molar-refractivity contribution in [1.29, 1.82) is 0 Å². The zero-order chi connectivity index (χ0) is 18.5. The molecule has 0 unspecified atom stereocenters. The van der Waals surface area contributed by atoms with Gasteiger partial charge in [0.1, 0.15) is 12.0 Å². The summed E-state index contributed by atoms with van der Waals surface area (Å²) in [4.78, 5) is 24.3. The number of amides is 1. The topological polar surface area (TPSA) is 108 Å². The second-order valence-electron chi connectivity index (χ2n) is 5.84. The van der Waals surface area contributed by atoms with E-state index in [1.54, 1.807) is 10.7 Å². The van der Waals surface area contributed by atoms with Crippen LogP contribution in [0.4, 0.5) is 5.69 Å². The van der Waals surface area contributed by atoms with Gasteiger partial charge in [0.15, 0.2) is 0 Å². The quantitative estimate of drug-likeness (QED) is 0.721. The molecule has 1 N–H and O–H groups in total. The smallest absolute Gasteiger partial charge is 0.276 e. The van der Waals surface area contributed by atoms with Crippen molar-refractivity contribution < 1.29 is 4.79 Å². The molecule has 0 aliphatic carbocycles. The van der Waals surface area contributed by atoms with Crippen molar-refractivity contribution in [2.45, 2.75) is 33.2 Å². The highest BCUT2D eigenvalue weighted by molar-refractivity contribution is 6.02. The molecule has 0 aliphatic rings. The molecule has 2 heterocycles. The summed E-state index contributed by atoms with van der Waals surface area (Å²) < 4.78 is 2.87. The van der Waals surface area contributed by atoms with Crippen LogP contribution in [-0.2, 0) is 6.54 Å². The lowest BCUT2D eigenvalue weighted by molar-refractivity contribution is 0.101. The van der Waals surface area contributed by atoms with Gasteiger partial charge in [-0.25, -0.2) is 9.36 Å². The minimum Gasteiger partial charge on any atom is -0.321 e. The van der Waals surface area contributed by atoms with Gasteiger partial charge in [-0.15, -0.1) is 5.10 Å². The van der Waals surface area contributed by atoms with Crippen LogP contribution in [0.1, 0.15) is 35.8 Å². The Labute approximate surface area is 149 Å². The van der Waals surface area contributed by atoms with Gasteiger partial charge in [0.2, 0.25) is 0 Å². The predicted molar refractivity (Wildman–Crippen MR) is 95.2 cm³/mol. The average molecular weight is 353 g/mol. The van der Waals surface area contributed by atoms with Gasteiger partial charge in [-0.2, -0.15) is 5.10 Å². The van der Waals surface area contributed by atoms with Crippen molar-refractivity contribution >= 4 is 11.6 Å². The molecule has 1 aromatic carbocycles. The molecule has 3 aromatic rings. The molecule has 1 amide bonds. The van der Waals surface area contributed by atoms with E-state index in [-0.39, 0.29) is 17.2 Å². The highest BCUT2D eigenvalue weighted by Crippen LogP contribution is 2.18. The molecule has 26 heavy (non-hydrogen) atoms. The third kappa shape index (κ3) is 3.82. The van der Waals surface area contributed by atoms with Crippen LogP contribution in [0.3, 0.4) is 0 Å². The molecule has 0 bridgehead atoms. The number of hydrogen-bond acceptors (Lipinski definition) is 6. The van der Waals surface area contributed by atoms with Crippen LogP contribution < -0.4 is 10.9 Å². The fourth-order valence-corrected chi connectivity index (χ4v) is 2.50. The molecule has 0 atom stereocenters. The summed E-state index contributed by atoms with van der Waals surface area (Å²) in [7, 11) is 0. The largest absolute Gasteiger partial charge is 0.321 e. The summed E-state index contributed by atoms with van der Waals surface area (Å²) >= 11 is 0. The minimum atomic E-state index is -0.371. The van der Waals surface area contributed by atoms with Crippen molar-refractivity contribution in [1.82, 2.24) is 30.0 Å². The summed E-state index contributed by atoms with van der Waals surface area (Å²) in [5, 5.41) is 18.0. The Kier molecular flexibility index (Phi) is 5.16. The molecule has 0 radical (unpaired) electrons. The molecule has 0 aliphatic heterocycles. The number of carbonyl (C=O) groups excluding carboxylic acids is 1. The van der Waals surface area contributed by atoms with Crippen molar-refractivity contribution in [2.75, 3.05) is 5.32 Å². The van der Waals surface area contributed by atoms with Crippen molar-refractivity contribution in [3.8, 4) is 5.69 Å². The Hall–Kier alpha value is -3.36. The lowest BCUT2D eigenvalue weighted by atomic mass is 10.1. The van der Waals surface area contributed by atoms with E-state index in [4.69, 9.17) is 0 Å². The highest BCUT2D eigenvalue weighted by atomic mass is 16.2. The van der Waals surface area contributed by atoms with E-state index in [9.17, 15) is 9.59 Å². The van der Waals surface area contributed by atoms with Crippen LogP contribution in [0.25, 0.3) is 5.69 Å². The highest BCUT2D eigenvalue weighted by Gasteiger charge is 2.11. The second kappa shape index (κ2) is 7.68. The number of carbonyl (C=O) groups is 1. The minimum absolute atomic E-state index is 0.197. The number of nitrogens with one attached hydrogen (secondary N) is 1. The fourth-order valence-electron chi connectivity index (χ4n) is 2.50. The summed E-state index contributed by atoms with van der Waals surface area (Å²) in [5.41, 5.74) is 2.33. The van der Waals surface area contributed by atoms with Crippen molar-refractivity contribution in [3.05, 3.63) is 58.3 Å². The van der Waals surface area contributed by atoms with Gasteiger partial charge in [0.25, 0.3) is 11.5 Å². The molecule has 2 aromatic heterocycles. The maximum atomic E-state index is 12.4. The van der Waals surface area contributed by atoms with Gasteiger partial charge >= 0.3 is 0 Å². The van der Waals surface area contributed by atoms with Crippen LogP contribution in [0, 0.1) is 6.92 Å². The number of tetrazole rings is 1. The maximum Gasteiger partial charge on any atom is 0.276 e. The van der Waals surface area contributed by atoms with Gasteiger partial charge in [-0.1, -0.05) is 13.3 Å². The van der Waals surface area contributed by atoms with Gasteiger partial charge < -0.3 is 5.32 Å². The van der Waals surface area contributed by atoms with Crippen LogP contribution in [0.2, 0.25) is 0 Å². The zero-order valence-electron chi connectivity index (χ0n) is 14.6. The molecule has 3 rings (SSSR count). The van der Waals surface area contributed by atoms with E-state index in [2.05, 4.69) is 25.9 Å². The first kappa shape index (κ1) is 17.5. The molecule has 0 fully saturated rings. The number of aryl methyl sites for hydroxylation is 2. The lowest BCUT2D eigenvalue weighted by Crippen LogP contribution is -2.26. The summed E-state index contributed by atoms with van der Waals surface area (Å²) in [5.74, 6) is -0.371. The summed E-state index contributed by atoms with van der Waals surface area (Å²) in [6, 6.07) is 8.19. The van der Waals surface area contributed by atoms with Crippen LogP contribution >= 0.6 is 0 Å². The number of aromatic nitrogens is 6. The number of benzene rings is 1. The van der Waals surface area contributed by atoms with E-state index < -0.39 is 0 Å². The molecular weight excluding hydrogens is 334 g/mol. The standard InChI is InChI=1S/C17H19N7O2/c1-3-4-9-23-16(25)8-6-14(20-23)17(26)19-13-5-7-15(12(2)10-13)24-11-18-21-22-24/h5-8,10-11H,3-4,9H2,1-2H3,(H,19,26). The number of anilines is 1. The predicted octanol–water partition coefficient (Wildman–Crippen LogP) is 1.58. The first-order valence-electron chi connectivity index (χ1n) is 8.32. The Morgan fingerprint density at radius 2 is 2.08 bits per heavy atom. The zero-order valence-corrected chi connectivity index (χ0v) is 14.6. The van der Waals surface area contributed by atoms with E-state index in [0.29, 0.717) is 12.2 Å². The van der Waals surface area contributed by atoms with Crippen molar-refractivity contribution in [2.24, 2.45) is 0 Å². The van der Waals surface area contributed by atoms with Gasteiger partial charge in [-0.05, 0) is 53.6 Å². The summed E-state index contributed by atoms with van der Waals surface area (Å²) in [6.45, 7) is 4.43.